The summed E-state index contributed by atoms with van der Waals surface area (Å²) in [5, 5.41) is 2.27. The smallest absolute Gasteiger partial charge is 0.119 e. The van der Waals surface area contributed by atoms with Crippen molar-refractivity contribution in [3.05, 3.63) is 58.5 Å². The van der Waals surface area contributed by atoms with E-state index in [-0.39, 0.29) is 0 Å². The predicted molar refractivity (Wildman–Crippen MR) is 83.1 cm³/mol. The summed E-state index contributed by atoms with van der Waals surface area (Å²) in [4.78, 5) is 1.46. The van der Waals surface area contributed by atoms with Crippen molar-refractivity contribution in [2.45, 2.75) is 13.3 Å². The van der Waals surface area contributed by atoms with Gasteiger partial charge in [0.05, 0.1) is 12.3 Å². The molecule has 100 valence electrons. The molecule has 2 aromatic heterocycles. The van der Waals surface area contributed by atoms with Crippen LogP contribution in [0.5, 0.6) is 5.75 Å². The molecular formula is C17H15NOS. The summed E-state index contributed by atoms with van der Waals surface area (Å²) in [7, 11) is 0. The van der Waals surface area contributed by atoms with Crippen LogP contribution >= 0.6 is 11.3 Å². The van der Waals surface area contributed by atoms with Gasteiger partial charge in [-0.3, -0.25) is 0 Å². The van der Waals surface area contributed by atoms with Crippen molar-refractivity contribution < 1.29 is 4.74 Å². The predicted octanol–water partition coefficient (Wildman–Crippen LogP) is 4.51. The number of benzene rings is 1. The third-order valence-electron chi connectivity index (χ3n) is 3.73. The molecule has 0 atom stereocenters. The normalized spacial score (nSPS) is 12.2. The Morgan fingerprint density at radius 3 is 2.85 bits per heavy atom. The van der Waals surface area contributed by atoms with Crippen molar-refractivity contribution in [3.8, 4) is 22.6 Å². The van der Waals surface area contributed by atoms with Crippen LogP contribution in [0.4, 0.5) is 0 Å². The summed E-state index contributed by atoms with van der Waals surface area (Å²) in [6.07, 6.45) is 3.22. The van der Waals surface area contributed by atoms with Crippen molar-refractivity contribution in [1.82, 2.24) is 4.57 Å². The maximum absolute atomic E-state index is 5.51. The number of hydrogen-bond donors (Lipinski definition) is 0. The van der Waals surface area contributed by atoms with E-state index in [0.717, 1.165) is 12.2 Å². The molecule has 1 aliphatic rings. The van der Waals surface area contributed by atoms with Crippen LogP contribution < -0.4 is 4.74 Å². The second kappa shape index (κ2) is 4.53. The minimum absolute atomic E-state index is 0.708. The van der Waals surface area contributed by atoms with E-state index < -0.39 is 0 Å². The summed E-state index contributed by atoms with van der Waals surface area (Å²) in [5.41, 5.74) is 5.33. The number of nitrogens with zero attached hydrogens (tertiary/aromatic N) is 1. The highest BCUT2D eigenvalue weighted by atomic mass is 32.1. The third kappa shape index (κ3) is 1.70. The van der Waals surface area contributed by atoms with Gasteiger partial charge in [0, 0.05) is 34.1 Å². The molecule has 2 nitrogen and oxygen atoms in total. The van der Waals surface area contributed by atoms with Crippen molar-refractivity contribution in [2.24, 2.45) is 0 Å². The molecule has 0 spiro atoms. The SMILES string of the molecule is CCOc1ccc(-c2csc3c2-n2cccc2C3)cc1. The number of fused-ring (bicyclic) bond motifs is 3. The Labute approximate surface area is 122 Å². The van der Waals surface area contributed by atoms with Crippen LogP contribution in [-0.4, -0.2) is 11.2 Å². The highest BCUT2D eigenvalue weighted by molar-refractivity contribution is 7.11. The Morgan fingerprint density at radius 1 is 1.20 bits per heavy atom. The van der Waals surface area contributed by atoms with E-state index in [2.05, 4.69) is 52.5 Å². The lowest BCUT2D eigenvalue weighted by molar-refractivity contribution is 0.340. The number of rotatable bonds is 3. The zero-order valence-corrected chi connectivity index (χ0v) is 12.1. The lowest BCUT2D eigenvalue weighted by atomic mass is 10.1. The Hall–Kier alpha value is -2.00. The summed E-state index contributed by atoms with van der Waals surface area (Å²) >= 11 is 1.86. The van der Waals surface area contributed by atoms with E-state index in [1.165, 1.54) is 27.4 Å². The molecule has 0 saturated heterocycles. The van der Waals surface area contributed by atoms with Crippen LogP contribution in [-0.2, 0) is 6.42 Å². The van der Waals surface area contributed by atoms with Gasteiger partial charge in [-0.2, -0.15) is 0 Å². The van der Waals surface area contributed by atoms with Crippen LogP contribution in [0.25, 0.3) is 16.8 Å². The molecule has 0 bridgehead atoms. The van der Waals surface area contributed by atoms with Gasteiger partial charge in [-0.05, 0) is 36.8 Å². The topological polar surface area (TPSA) is 14.2 Å². The Morgan fingerprint density at radius 2 is 2.05 bits per heavy atom. The van der Waals surface area contributed by atoms with Crippen molar-refractivity contribution in [2.75, 3.05) is 6.61 Å². The monoisotopic (exact) mass is 281 g/mol. The van der Waals surface area contributed by atoms with Gasteiger partial charge < -0.3 is 9.30 Å². The third-order valence-corrected chi connectivity index (χ3v) is 4.71. The minimum Gasteiger partial charge on any atom is -0.494 e. The van der Waals surface area contributed by atoms with Crippen molar-refractivity contribution >= 4 is 11.3 Å². The van der Waals surface area contributed by atoms with E-state index in [4.69, 9.17) is 4.74 Å². The van der Waals surface area contributed by atoms with E-state index in [9.17, 15) is 0 Å². The zero-order chi connectivity index (χ0) is 13.5. The molecule has 1 aromatic carbocycles. The molecular weight excluding hydrogens is 266 g/mol. The van der Waals surface area contributed by atoms with Gasteiger partial charge in [0.25, 0.3) is 0 Å². The van der Waals surface area contributed by atoms with Crippen LogP contribution in [0.15, 0.2) is 48.0 Å². The molecule has 3 aromatic rings. The summed E-state index contributed by atoms with van der Waals surface area (Å²) in [6.45, 7) is 2.72. The molecule has 20 heavy (non-hydrogen) atoms. The van der Waals surface area contributed by atoms with Crippen LogP contribution in [0.1, 0.15) is 17.5 Å². The number of hydrogen-bond acceptors (Lipinski definition) is 2. The average molecular weight is 281 g/mol. The van der Waals surface area contributed by atoms with Gasteiger partial charge in [-0.15, -0.1) is 11.3 Å². The molecule has 0 amide bonds. The largest absolute Gasteiger partial charge is 0.494 e. The lowest BCUT2D eigenvalue weighted by Gasteiger charge is -2.07. The van der Waals surface area contributed by atoms with Gasteiger partial charge in [-0.1, -0.05) is 12.1 Å². The molecule has 0 aliphatic carbocycles. The summed E-state index contributed by atoms with van der Waals surface area (Å²) in [5.74, 6) is 0.935. The highest BCUT2D eigenvalue weighted by Gasteiger charge is 2.23. The van der Waals surface area contributed by atoms with Crippen LogP contribution in [0, 0.1) is 0 Å². The van der Waals surface area contributed by atoms with Gasteiger partial charge >= 0.3 is 0 Å². The van der Waals surface area contributed by atoms with E-state index in [1.54, 1.807) is 0 Å². The first-order valence-corrected chi connectivity index (χ1v) is 7.75. The molecule has 1 aliphatic heterocycles. The van der Waals surface area contributed by atoms with Crippen molar-refractivity contribution in [1.29, 1.82) is 0 Å². The fraction of sp³-hybridized carbons (Fsp3) is 0.176. The molecule has 0 unspecified atom stereocenters. The number of ether oxygens (including phenoxy) is 1. The summed E-state index contributed by atoms with van der Waals surface area (Å²) in [6, 6.07) is 12.7. The quantitative estimate of drug-likeness (QED) is 0.539. The maximum Gasteiger partial charge on any atom is 0.119 e. The number of aromatic nitrogens is 1. The molecule has 0 radical (unpaired) electrons. The standard InChI is InChI=1S/C17H15NOS/c1-2-19-14-7-5-12(6-8-14)15-11-20-16-10-13-4-3-9-18(13)17(15)16/h3-9,11H,2,10H2,1H3. The van der Waals surface area contributed by atoms with Gasteiger partial charge in [0.15, 0.2) is 0 Å². The second-order valence-corrected chi connectivity index (χ2v) is 5.89. The maximum atomic E-state index is 5.51. The molecule has 3 heterocycles. The van der Waals surface area contributed by atoms with Crippen molar-refractivity contribution in [3.63, 3.8) is 0 Å². The Kier molecular flexibility index (Phi) is 2.67. The first-order valence-electron chi connectivity index (χ1n) is 6.87. The molecule has 0 fully saturated rings. The first-order chi connectivity index (χ1) is 9.86. The Balaban J connectivity index is 1.78. The fourth-order valence-corrected chi connectivity index (χ4v) is 3.89. The van der Waals surface area contributed by atoms with Crippen LogP contribution in [0.3, 0.4) is 0 Å². The second-order valence-electron chi connectivity index (χ2n) is 4.92. The summed E-state index contributed by atoms with van der Waals surface area (Å²) < 4.78 is 7.83. The molecule has 3 heteroatoms. The van der Waals surface area contributed by atoms with E-state index in [1.807, 2.05) is 18.3 Å². The molecule has 4 rings (SSSR count). The molecule has 0 saturated carbocycles. The highest BCUT2D eigenvalue weighted by Crippen LogP contribution is 2.41. The fourth-order valence-electron chi connectivity index (χ4n) is 2.83. The molecule has 0 N–H and O–H groups in total. The van der Waals surface area contributed by atoms with Gasteiger partial charge in [0.2, 0.25) is 0 Å². The number of thiophene rings is 1. The Bertz CT molecular complexity index is 752. The minimum atomic E-state index is 0.708. The average Bonchev–Trinajstić information content (AvgIpc) is 3.11. The lowest BCUT2D eigenvalue weighted by Crippen LogP contribution is -1.92. The van der Waals surface area contributed by atoms with E-state index in [0.29, 0.717) is 6.61 Å². The zero-order valence-electron chi connectivity index (χ0n) is 11.3. The first kappa shape index (κ1) is 11.8. The van der Waals surface area contributed by atoms with Gasteiger partial charge in [-0.25, -0.2) is 0 Å². The van der Waals surface area contributed by atoms with Crippen LogP contribution in [0.2, 0.25) is 0 Å². The van der Waals surface area contributed by atoms with E-state index >= 15 is 0 Å². The van der Waals surface area contributed by atoms with Gasteiger partial charge in [0.1, 0.15) is 5.75 Å².